The fourth-order valence-corrected chi connectivity index (χ4v) is 0.813. The predicted molar refractivity (Wildman–Crippen MR) is 40.2 cm³/mol. The second kappa shape index (κ2) is 3.05. The van der Waals surface area contributed by atoms with Crippen LogP contribution in [0, 0.1) is 10.1 Å². The van der Waals surface area contributed by atoms with Crippen molar-refractivity contribution in [3.63, 3.8) is 0 Å². The van der Waals surface area contributed by atoms with Crippen LogP contribution in [-0.4, -0.2) is 15.2 Å². The minimum Gasteiger partial charge on any atom is -0.502 e. The lowest BCUT2D eigenvalue weighted by Crippen LogP contribution is -1.96. The highest BCUT2D eigenvalue weighted by molar-refractivity contribution is 5.66. The first-order chi connectivity index (χ1) is 5.66. The fourth-order valence-electron chi connectivity index (χ4n) is 0.813. The van der Waals surface area contributed by atoms with Crippen LogP contribution in [0.1, 0.15) is 0 Å². The molecule has 0 atom stereocenters. The molecule has 3 N–H and O–H groups in total. The van der Waals surface area contributed by atoms with Gasteiger partial charge in [-0.05, 0) is 12.1 Å². The van der Waals surface area contributed by atoms with Gasteiger partial charge in [0.2, 0.25) is 0 Å². The summed E-state index contributed by atoms with van der Waals surface area (Å²) in [4.78, 5) is 9.51. The van der Waals surface area contributed by atoms with Crippen LogP contribution in [0.15, 0.2) is 18.2 Å². The van der Waals surface area contributed by atoms with E-state index in [-0.39, 0.29) is 5.69 Å². The maximum Gasteiger partial charge on any atom is 0.335 e. The lowest BCUT2D eigenvalue weighted by atomic mass is 10.2. The van der Waals surface area contributed by atoms with Gasteiger partial charge in [-0.3, -0.25) is 20.8 Å². The molecule has 1 aromatic carbocycles. The van der Waals surface area contributed by atoms with Gasteiger partial charge < -0.3 is 5.11 Å². The molecule has 0 radical (unpaired) electrons. The number of rotatable bonds is 2. The Morgan fingerprint density at radius 3 is 2.58 bits per heavy atom. The Balaban J connectivity index is 3.29. The minimum atomic E-state index is -0.784. The summed E-state index contributed by atoms with van der Waals surface area (Å²) < 4.78 is 0. The third-order valence-electron chi connectivity index (χ3n) is 1.32. The predicted octanol–water partition coefficient (Wildman–Crippen LogP) is 1.10. The lowest BCUT2D eigenvalue weighted by molar-refractivity contribution is -0.385. The van der Waals surface area contributed by atoms with Gasteiger partial charge in [0, 0.05) is 0 Å². The van der Waals surface area contributed by atoms with E-state index in [1.54, 1.807) is 5.48 Å². The number of phenols is 1. The summed E-state index contributed by atoms with van der Waals surface area (Å²) in [7, 11) is 0. The van der Waals surface area contributed by atoms with E-state index in [1.807, 2.05) is 0 Å². The number of phenolic OH excluding ortho intramolecular Hbond substituents is 1. The van der Waals surface area contributed by atoms with Gasteiger partial charge in [-0.25, -0.2) is 0 Å². The molecule has 0 bridgehead atoms. The summed E-state index contributed by atoms with van der Waals surface area (Å²) in [5.41, 5.74) is 0.936. The first kappa shape index (κ1) is 8.28. The van der Waals surface area contributed by atoms with Crippen molar-refractivity contribution in [1.82, 2.24) is 0 Å². The normalized spacial score (nSPS) is 9.42. The van der Waals surface area contributed by atoms with E-state index in [4.69, 9.17) is 10.3 Å². The second-order valence-corrected chi connectivity index (χ2v) is 2.04. The Kier molecular flexibility index (Phi) is 2.11. The van der Waals surface area contributed by atoms with Crippen molar-refractivity contribution < 1.29 is 15.2 Å². The summed E-state index contributed by atoms with van der Waals surface area (Å²) in [5, 5.41) is 27.7. The number of hydrogen-bond donors (Lipinski definition) is 3. The molecule has 6 nitrogen and oxygen atoms in total. The van der Waals surface area contributed by atoms with Crippen LogP contribution in [0.4, 0.5) is 11.4 Å². The van der Waals surface area contributed by atoms with Crippen molar-refractivity contribution in [2.24, 2.45) is 0 Å². The quantitative estimate of drug-likeness (QED) is 0.456. The molecule has 0 aliphatic heterocycles. The van der Waals surface area contributed by atoms with E-state index >= 15 is 0 Å². The first-order valence-corrected chi connectivity index (χ1v) is 3.03. The molecule has 0 aliphatic rings. The number of nitro benzene ring substituents is 1. The number of benzene rings is 1. The summed E-state index contributed by atoms with van der Waals surface area (Å²) >= 11 is 0. The zero-order valence-corrected chi connectivity index (χ0v) is 5.89. The molecule has 0 saturated heterocycles. The summed E-state index contributed by atoms with van der Waals surface area (Å²) in [6.07, 6.45) is 0. The highest BCUT2D eigenvalue weighted by atomic mass is 16.6. The van der Waals surface area contributed by atoms with Crippen molar-refractivity contribution in [2.45, 2.75) is 0 Å². The van der Waals surface area contributed by atoms with Gasteiger partial charge in [0.25, 0.3) is 0 Å². The smallest absolute Gasteiger partial charge is 0.335 e. The van der Waals surface area contributed by atoms with Crippen LogP contribution in [0.5, 0.6) is 5.75 Å². The molecule has 0 aromatic heterocycles. The van der Waals surface area contributed by atoms with Gasteiger partial charge >= 0.3 is 5.69 Å². The topological polar surface area (TPSA) is 95.6 Å². The van der Waals surface area contributed by atoms with Crippen molar-refractivity contribution >= 4 is 11.4 Å². The fraction of sp³-hybridized carbons (Fsp3) is 0. The monoisotopic (exact) mass is 170 g/mol. The standard InChI is InChI=1S/C6H6N2O4/c9-5-3-1-2-4(7-10)6(5)8(11)12/h1-3,7,9-10H. The van der Waals surface area contributed by atoms with Crippen molar-refractivity contribution in [3.8, 4) is 5.75 Å². The highest BCUT2D eigenvalue weighted by Gasteiger charge is 2.18. The molecule has 6 heteroatoms. The lowest BCUT2D eigenvalue weighted by Gasteiger charge is -2.00. The average molecular weight is 170 g/mol. The van der Waals surface area contributed by atoms with Gasteiger partial charge in [0.15, 0.2) is 5.75 Å². The van der Waals surface area contributed by atoms with Gasteiger partial charge in [-0.1, -0.05) is 6.07 Å². The molecule has 64 valence electrons. The van der Waals surface area contributed by atoms with Crippen LogP contribution < -0.4 is 5.48 Å². The molecular weight excluding hydrogens is 164 g/mol. The summed E-state index contributed by atoms with van der Waals surface area (Å²) in [6, 6.07) is 3.82. The zero-order chi connectivity index (χ0) is 9.14. The van der Waals surface area contributed by atoms with Gasteiger partial charge in [0.1, 0.15) is 5.69 Å². The SMILES string of the molecule is O=[N+]([O-])c1c(O)cccc1NO. The number of hydrogen-bond acceptors (Lipinski definition) is 5. The number of anilines is 1. The number of nitro groups is 1. The molecule has 12 heavy (non-hydrogen) atoms. The van der Waals surface area contributed by atoms with E-state index in [0.717, 1.165) is 0 Å². The van der Waals surface area contributed by atoms with E-state index in [9.17, 15) is 10.1 Å². The summed E-state index contributed by atoms with van der Waals surface area (Å²) in [6.45, 7) is 0. The molecule has 0 amide bonds. The van der Waals surface area contributed by atoms with E-state index in [1.165, 1.54) is 18.2 Å². The number of aromatic hydroxyl groups is 1. The zero-order valence-electron chi connectivity index (χ0n) is 5.89. The maximum atomic E-state index is 10.3. The van der Waals surface area contributed by atoms with Crippen LogP contribution in [0.2, 0.25) is 0 Å². The molecule has 0 aliphatic carbocycles. The van der Waals surface area contributed by atoms with Crippen LogP contribution in [-0.2, 0) is 0 Å². The van der Waals surface area contributed by atoms with Gasteiger partial charge in [-0.2, -0.15) is 0 Å². The van der Waals surface area contributed by atoms with Crippen LogP contribution in [0.3, 0.4) is 0 Å². The molecule has 0 fully saturated rings. The van der Waals surface area contributed by atoms with Crippen LogP contribution >= 0.6 is 0 Å². The minimum absolute atomic E-state index is 0.139. The Morgan fingerprint density at radius 1 is 1.50 bits per heavy atom. The maximum absolute atomic E-state index is 10.3. The van der Waals surface area contributed by atoms with Gasteiger partial charge in [-0.15, -0.1) is 0 Å². The third kappa shape index (κ3) is 1.28. The van der Waals surface area contributed by atoms with E-state index in [2.05, 4.69) is 0 Å². The van der Waals surface area contributed by atoms with Crippen molar-refractivity contribution in [2.75, 3.05) is 5.48 Å². The molecule has 0 spiro atoms. The summed E-state index contributed by atoms with van der Waals surface area (Å²) in [5.74, 6) is -0.487. The molecule has 1 rings (SSSR count). The Hall–Kier alpha value is -1.82. The average Bonchev–Trinajstić information content (AvgIpc) is 2.03. The highest BCUT2D eigenvalue weighted by Crippen LogP contribution is 2.32. The Bertz CT molecular complexity index is 312. The Labute approximate surface area is 67.2 Å². The Morgan fingerprint density at radius 2 is 2.17 bits per heavy atom. The number of nitrogens with one attached hydrogen (secondary N) is 1. The molecular formula is C6H6N2O4. The second-order valence-electron chi connectivity index (χ2n) is 2.04. The van der Waals surface area contributed by atoms with Gasteiger partial charge in [0.05, 0.1) is 4.92 Å². The number of para-hydroxylation sites is 1. The largest absolute Gasteiger partial charge is 0.502 e. The van der Waals surface area contributed by atoms with Crippen molar-refractivity contribution in [3.05, 3.63) is 28.3 Å². The van der Waals surface area contributed by atoms with E-state index in [0.29, 0.717) is 0 Å². The van der Waals surface area contributed by atoms with Crippen molar-refractivity contribution in [1.29, 1.82) is 0 Å². The molecule has 0 saturated carbocycles. The molecule has 1 aromatic rings. The molecule has 0 unspecified atom stereocenters. The third-order valence-corrected chi connectivity index (χ3v) is 1.32. The molecule has 0 heterocycles. The number of nitrogens with zero attached hydrogens (tertiary/aromatic N) is 1. The van der Waals surface area contributed by atoms with E-state index < -0.39 is 16.4 Å². The van der Waals surface area contributed by atoms with Crippen LogP contribution in [0.25, 0.3) is 0 Å². The first-order valence-electron chi connectivity index (χ1n) is 3.03.